The number of rotatable bonds is 18. The Hall–Kier alpha value is -4.20. The summed E-state index contributed by atoms with van der Waals surface area (Å²) >= 11 is 0. The number of methoxy groups -OCH3 is 1. The van der Waals surface area contributed by atoms with Gasteiger partial charge in [0.1, 0.15) is 13.1 Å². The van der Waals surface area contributed by atoms with Crippen LogP contribution in [0.1, 0.15) is 121 Å². The number of pyridine rings is 2. The zero-order valence-corrected chi connectivity index (χ0v) is 30.3. The van der Waals surface area contributed by atoms with Gasteiger partial charge in [0.2, 0.25) is 0 Å². The first kappa shape index (κ1) is 42.0. The Bertz CT molecular complexity index is 1800. The summed E-state index contributed by atoms with van der Waals surface area (Å²) < 4.78 is 8.63. The highest BCUT2D eigenvalue weighted by molar-refractivity contribution is 5.83. The van der Waals surface area contributed by atoms with Gasteiger partial charge in [-0.05, 0) is 63.8 Å². The molecule has 0 spiro atoms. The molecule has 0 saturated heterocycles. The molecule has 0 bridgehead atoms. The van der Waals surface area contributed by atoms with Crippen molar-refractivity contribution >= 4 is 33.7 Å². The second-order valence-electron chi connectivity index (χ2n) is 13.0. The fraction of sp³-hybridized carbons (Fsp3) is 0.524. The summed E-state index contributed by atoms with van der Waals surface area (Å²) in [7, 11) is 1.40. The van der Waals surface area contributed by atoms with Crippen LogP contribution in [0.25, 0.3) is 21.8 Å². The largest absolute Gasteiger partial charge is 0.480 e. The molecule has 0 aliphatic heterocycles. The van der Waals surface area contributed by atoms with Gasteiger partial charge in [-0.1, -0.05) is 110 Å². The van der Waals surface area contributed by atoms with Gasteiger partial charge >= 0.3 is 11.9 Å². The Balaban J connectivity index is 0.000000340. The summed E-state index contributed by atoms with van der Waals surface area (Å²) in [6.45, 7) is 8.14. The Kier molecular flexibility index (Phi) is 18.3. The highest BCUT2D eigenvalue weighted by Crippen LogP contribution is 2.21. The van der Waals surface area contributed by atoms with Crippen LogP contribution in [0, 0.1) is 13.8 Å². The summed E-state index contributed by atoms with van der Waals surface area (Å²) in [4.78, 5) is 48.5. The van der Waals surface area contributed by atoms with Crippen LogP contribution in [0.2, 0.25) is 0 Å². The van der Waals surface area contributed by atoms with Crippen LogP contribution in [0.15, 0.2) is 58.1 Å². The van der Waals surface area contributed by atoms with Crippen molar-refractivity contribution in [3.63, 3.8) is 0 Å². The molecule has 4 aromatic rings. The van der Waals surface area contributed by atoms with Gasteiger partial charge in [0, 0.05) is 33.3 Å². The van der Waals surface area contributed by atoms with Crippen molar-refractivity contribution in [1.82, 2.24) is 9.13 Å². The van der Waals surface area contributed by atoms with E-state index in [4.69, 9.17) is 4.74 Å². The van der Waals surface area contributed by atoms with Crippen molar-refractivity contribution in [3.8, 4) is 0 Å². The Labute approximate surface area is 298 Å². The van der Waals surface area contributed by atoms with Crippen LogP contribution in [-0.4, -0.2) is 33.3 Å². The number of unbranched alkanes of at least 4 members (excludes halogenated alkanes) is 10. The number of carboxylic acids is 1. The van der Waals surface area contributed by atoms with E-state index in [1.807, 2.05) is 60.9 Å². The van der Waals surface area contributed by atoms with Gasteiger partial charge in [-0.25, -0.2) is 0 Å². The molecule has 2 aromatic carbocycles. The molecule has 0 amide bonds. The number of ether oxygens (including phenoxy) is 1. The molecule has 4 rings (SSSR count). The van der Waals surface area contributed by atoms with E-state index in [9.17, 15) is 24.3 Å². The molecule has 0 fully saturated rings. The average molecular weight is 689 g/mol. The summed E-state index contributed by atoms with van der Waals surface area (Å²) in [5.74, 6) is -1.18. The number of fused-ring (bicyclic) bond motifs is 2. The maximum Gasteiger partial charge on any atom is 0.325 e. The third kappa shape index (κ3) is 11.4. The van der Waals surface area contributed by atoms with E-state index in [1.54, 1.807) is 10.6 Å². The lowest BCUT2D eigenvalue weighted by molar-refractivity contribution is -0.141. The number of benzene rings is 2. The number of carbonyl (C=O) groups is 2. The van der Waals surface area contributed by atoms with Crippen molar-refractivity contribution in [3.05, 3.63) is 91.5 Å². The van der Waals surface area contributed by atoms with Crippen LogP contribution < -0.4 is 10.9 Å². The second-order valence-corrected chi connectivity index (χ2v) is 13.0. The lowest BCUT2D eigenvalue weighted by Crippen LogP contribution is -2.22. The van der Waals surface area contributed by atoms with Crippen molar-refractivity contribution in [2.24, 2.45) is 0 Å². The number of hydrogen-bond acceptors (Lipinski definition) is 5. The van der Waals surface area contributed by atoms with Crippen LogP contribution in [-0.2, 0) is 40.3 Å². The van der Waals surface area contributed by atoms with Gasteiger partial charge in [0.25, 0.3) is 0 Å². The van der Waals surface area contributed by atoms with Gasteiger partial charge < -0.3 is 19.0 Å². The molecule has 0 radical (unpaired) electrons. The zero-order chi connectivity index (χ0) is 35.8. The normalized spacial score (nSPS) is 10.8. The van der Waals surface area contributed by atoms with Gasteiger partial charge in [-0.2, -0.15) is 0 Å². The SMILES string of the molecule is C.CCCCCCCCc1c(C)c(=O)c2ccccc2n1CC(=O)O.CCCCCCCCc1c(C)c(=O)c2ccccc2n1CC(=O)OC. The molecule has 0 unspecified atom stereocenters. The summed E-state index contributed by atoms with van der Waals surface area (Å²) in [6, 6.07) is 14.8. The molecule has 2 heterocycles. The quantitative estimate of drug-likeness (QED) is 0.0825. The third-order valence-electron chi connectivity index (χ3n) is 9.42. The van der Waals surface area contributed by atoms with E-state index >= 15 is 0 Å². The second kappa shape index (κ2) is 21.8. The predicted octanol–water partition coefficient (Wildman–Crippen LogP) is 9.32. The van der Waals surface area contributed by atoms with E-state index in [0.29, 0.717) is 16.3 Å². The number of carboxylic acid groups (broad SMARTS) is 1. The zero-order valence-electron chi connectivity index (χ0n) is 30.3. The van der Waals surface area contributed by atoms with Crippen molar-refractivity contribution in [2.75, 3.05) is 7.11 Å². The minimum absolute atomic E-state index is 0. The maximum atomic E-state index is 12.7. The first-order valence-electron chi connectivity index (χ1n) is 18.2. The van der Waals surface area contributed by atoms with Gasteiger partial charge in [0.15, 0.2) is 10.9 Å². The summed E-state index contributed by atoms with van der Waals surface area (Å²) in [5, 5.41) is 10.5. The molecular formula is C42H60N2O6. The van der Waals surface area contributed by atoms with E-state index in [1.165, 1.54) is 58.5 Å². The monoisotopic (exact) mass is 688 g/mol. The minimum Gasteiger partial charge on any atom is -0.480 e. The lowest BCUT2D eigenvalue weighted by atomic mass is 10.0. The molecule has 0 aliphatic carbocycles. The molecule has 8 heteroatoms. The Morgan fingerprint density at radius 1 is 0.620 bits per heavy atom. The molecular weight excluding hydrogens is 628 g/mol. The fourth-order valence-electron chi connectivity index (χ4n) is 6.64. The standard InChI is InChI=1S/C21H29NO3.C20H27NO3.CH4/c1-4-5-6-7-8-9-13-18-16(2)21(24)17-12-10-11-14-19(17)22(18)15-20(23)25-3;1-3-4-5-6-7-8-12-17-15(2)20(24)16-11-9-10-13-18(16)21(17)14-19(22)23;/h10-12,14H,4-9,13,15H2,1-3H3;9-11,13H,3-8,12,14H2,1-2H3,(H,22,23);1H4. The Morgan fingerprint density at radius 2 is 1.00 bits per heavy atom. The number of para-hydroxylation sites is 2. The molecule has 2 aromatic heterocycles. The molecule has 0 atom stereocenters. The number of esters is 1. The van der Waals surface area contributed by atoms with Crippen molar-refractivity contribution in [1.29, 1.82) is 0 Å². The van der Waals surface area contributed by atoms with Gasteiger partial charge in [-0.15, -0.1) is 0 Å². The van der Waals surface area contributed by atoms with E-state index in [2.05, 4.69) is 13.8 Å². The summed E-state index contributed by atoms with van der Waals surface area (Å²) in [5.41, 5.74) is 4.88. The highest BCUT2D eigenvalue weighted by atomic mass is 16.5. The van der Waals surface area contributed by atoms with Crippen LogP contribution in [0.3, 0.4) is 0 Å². The third-order valence-corrected chi connectivity index (χ3v) is 9.42. The summed E-state index contributed by atoms with van der Waals surface area (Å²) in [6.07, 6.45) is 15.8. The first-order chi connectivity index (χ1) is 23.7. The topological polar surface area (TPSA) is 108 Å². The van der Waals surface area contributed by atoms with E-state index in [0.717, 1.165) is 66.5 Å². The molecule has 1 N–H and O–H groups in total. The number of carbonyl (C=O) groups excluding carboxylic acids is 1. The number of nitrogens with zero attached hydrogens (tertiary/aromatic N) is 2. The van der Waals surface area contributed by atoms with E-state index < -0.39 is 5.97 Å². The fourth-order valence-corrected chi connectivity index (χ4v) is 6.64. The number of aliphatic carboxylic acids is 1. The van der Waals surface area contributed by atoms with Crippen molar-refractivity contribution < 1.29 is 19.4 Å². The average Bonchev–Trinajstić information content (AvgIpc) is 3.11. The number of hydrogen-bond donors (Lipinski definition) is 1. The maximum absolute atomic E-state index is 12.7. The predicted molar refractivity (Wildman–Crippen MR) is 206 cm³/mol. The lowest BCUT2D eigenvalue weighted by Gasteiger charge is -2.18. The molecule has 0 aliphatic rings. The Morgan fingerprint density at radius 3 is 1.40 bits per heavy atom. The molecule has 274 valence electrons. The van der Waals surface area contributed by atoms with Crippen LogP contribution >= 0.6 is 0 Å². The van der Waals surface area contributed by atoms with Crippen molar-refractivity contribution in [2.45, 2.75) is 138 Å². The van der Waals surface area contributed by atoms with Gasteiger partial charge in [0.05, 0.1) is 18.1 Å². The highest BCUT2D eigenvalue weighted by Gasteiger charge is 2.17. The van der Waals surface area contributed by atoms with Crippen LogP contribution in [0.4, 0.5) is 0 Å². The smallest absolute Gasteiger partial charge is 0.325 e. The molecule has 50 heavy (non-hydrogen) atoms. The van der Waals surface area contributed by atoms with Crippen LogP contribution in [0.5, 0.6) is 0 Å². The van der Waals surface area contributed by atoms with Gasteiger partial charge in [-0.3, -0.25) is 19.2 Å². The molecule has 0 saturated carbocycles. The first-order valence-corrected chi connectivity index (χ1v) is 18.2. The number of aromatic nitrogens is 2. The molecule has 8 nitrogen and oxygen atoms in total. The minimum atomic E-state index is -0.882. The van der Waals surface area contributed by atoms with E-state index in [-0.39, 0.29) is 37.3 Å².